The van der Waals surface area contributed by atoms with Crippen LogP contribution in [0.25, 0.3) is 0 Å². The van der Waals surface area contributed by atoms with Gasteiger partial charge in [-0.05, 0) is 6.92 Å². The van der Waals surface area contributed by atoms with Crippen molar-refractivity contribution in [2.75, 3.05) is 0 Å². The predicted octanol–water partition coefficient (Wildman–Crippen LogP) is 2.87. The highest BCUT2D eigenvalue weighted by atomic mass is 35.5. The number of alkyl halides is 2. The van der Waals surface area contributed by atoms with Crippen LogP contribution in [0.1, 0.15) is 6.92 Å². The standard InChI is InChI=1S/C7H3ClF4O/c1-2-4(13)3(9)5(8)7(11,12)6(2)10/h1H3. The van der Waals surface area contributed by atoms with Gasteiger partial charge in [-0.25, -0.2) is 8.78 Å². The van der Waals surface area contributed by atoms with E-state index in [0.717, 1.165) is 6.92 Å². The van der Waals surface area contributed by atoms with Gasteiger partial charge in [-0.2, -0.15) is 8.78 Å². The van der Waals surface area contributed by atoms with Gasteiger partial charge in [0.05, 0.1) is 0 Å². The summed E-state index contributed by atoms with van der Waals surface area (Å²) in [6.07, 6.45) is 0. The molecule has 0 saturated carbocycles. The summed E-state index contributed by atoms with van der Waals surface area (Å²) >= 11 is 4.77. The van der Waals surface area contributed by atoms with Crippen LogP contribution in [-0.4, -0.2) is 11.7 Å². The summed E-state index contributed by atoms with van der Waals surface area (Å²) in [6.45, 7) is 0.772. The maximum absolute atomic E-state index is 12.7. The van der Waals surface area contributed by atoms with Crippen LogP contribution in [0, 0.1) is 0 Å². The second-order valence-electron chi connectivity index (χ2n) is 2.47. The zero-order valence-electron chi connectivity index (χ0n) is 6.30. The number of hydrogen-bond donors (Lipinski definition) is 0. The molecule has 1 aliphatic rings. The summed E-state index contributed by atoms with van der Waals surface area (Å²) in [5, 5.41) is -1.69. The van der Waals surface area contributed by atoms with Crippen molar-refractivity contribution in [3.8, 4) is 0 Å². The fourth-order valence-electron chi connectivity index (χ4n) is 0.834. The molecule has 0 saturated heterocycles. The van der Waals surface area contributed by atoms with Crippen molar-refractivity contribution in [1.82, 2.24) is 0 Å². The molecule has 0 N–H and O–H groups in total. The molecule has 6 heteroatoms. The van der Waals surface area contributed by atoms with Gasteiger partial charge in [0.25, 0.3) is 0 Å². The number of carbonyl (C=O) groups is 1. The fraction of sp³-hybridized carbons (Fsp3) is 0.286. The molecule has 0 aromatic carbocycles. The van der Waals surface area contributed by atoms with Crippen molar-refractivity contribution in [3.05, 3.63) is 22.3 Å². The quantitative estimate of drug-likeness (QED) is 0.567. The van der Waals surface area contributed by atoms with Gasteiger partial charge < -0.3 is 0 Å². The smallest absolute Gasteiger partial charge is 0.286 e. The first-order valence-corrected chi connectivity index (χ1v) is 3.53. The number of hydrogen-bond acceptors (Lipinski definition) is 1. The van der Waals surface area contributed by atoms with Crippen LogP contribution >= 0.6 is 11.6 Å². The van der Waals surface area contributed by atoms with Crippen molar-refractivity contribution in [1.29, 1.82) is 0 Å². The molecular weight excluding hydrogens is 212 g/mol. The first-order valence-electron chi connectivity index (χ1n) is 3.15. The molecule has 1 aliphatic carbocycles. The van der Waals surface area contributed by atoms with Gasteiger partial charge in [0, 0.05) is 5.57 Å². The van der Waals surface area contributed by atoms with Crippen molar-refractivity contribution in [2.45, 2.75) is 12.8 Å². The molecule has 0 unspecified atom stereocenters. The molecule has 0 amide bonds. The zero-order chi connectivity index (χ0) is 10.4. The van der Waals surface area contributed by atoms with Gasteiger partial charge >= 0.3 is 5.92 Å². The van der Waals surface area contributed by atoms with Gasteiger partial charge in [-0.1, -0.05) is 11.6 Å². The van der Waals surface area contributed by atoms with E-state index in [-0.39, 0.29) is 0 Å². The number of rotatable bonds is 0. The summed E-state index contributed by atoms with van der Waals surface area (Å²) in [6, 6.07) is 0. The van der Waals surface area contributed by atoms with Crippen LogP contribution in [0.3, 0.4) is 0 Å². The highest BCUT2D eigenvalue weighted by Gasteiger charge is 2.48. The Morgan fingerprint density at radius 1 is 1.31 bits per heavy atom. The van der Waals surface area contributed by atoms with E-state index in [1.807, 2.05) is 0 Å². The van der Waals surface area contributed by atoms with Crippen molar-refractivity contribution >= 4 is 17.4 Å². The van der Waals surface area contributed by atoms with E-state index in [0.29, 0.717) is 0 Å². The third-order valence-corrected chi connectivity index (χ3v) is 2.02. The number of halogens is 5. The zero-order valence-corrected chi connectivity index (χ0v) is 7.05. The average Bonchev–Trinajstić information content (AvgIpc) is 2.09. The molecular formula is C7H3ClF4O. The Bertz CT molecular complexity index is 312. The molecule has 13 heavy (non-hydrogen) atoms. The number of carbonyl (C=O) groups excluding carboxylic acids is 1. The van der Waals surface area contributed by atoms with Crippen LogP contribution in [0.2, 0.25) is 0 Å². The average molecular weight is 215 g/mol. The van der Waals surface area contributed by atoms with Crippen molar-refractivity contribution in [2.24, 2.45) is 0 Å². The molecule has 0 bridgehead atoms. The number of Topliss-reactive ketones (excluding diaryl/α,β-unsaturated/α-hetero) is 1. The monoisotopic (exact) mass is 214 g/mol. The fourth-order valence-corrected chi connectivity index (χ4v) is 1.00. The van der Waals surface area contributed by atoms with Crippen LogP contribution in [0.15, 0.2) is 22.3 Å². The summed E-state index contributed by atoms with van der Waals surface area (Å²) < 4.78 is 50.6. The van der Waals surface area contributed by atoms with Crippen molar-refractivity contribution < 1.29 is 22.4 Å². The third-order valence-electron chi connectivity index (χ3n) is 1.61. The normalized spacial score (nSPS) is 22.8. The highest BCUT2D eigenvalue weighted by molar-refractivity contribution is 6.34. The lowest BCUT2D eigenvalue weighted by molar-refractivity contribution is -0.114. The summed E-state index contributed by atoms with van der Waals surface area (Å²) in [5.74, 6) is -9.45. The van der Waals surface area contributed by atoms with E-state index in [4.69, 9.17) is 11.6 Å². The molecule has 1 rings (SSSR count). The summed E-state index contributed by atoms with van der Waals surface area (Å²) in [5.41, 5.74) is -0.952. The van der Waals surface area contributed by atoms with Crippen LogP contribution in [0.4, 0.5) is 17.6 Å². The Morgan fingerprint density at radius 3 is 2.23 bits per heavy atom. The maximum Gasteiger partial charge on any atom is 0.337 e. The predicted molar refractivity (Wildman–Crippen MR) is 37.7 cm³/mol. The Morgan fingerprint density at radius 2 is 1.77 bits per heavy atom. The topological polar surface area (TPSA) is 17.1 Å². The van der Waals surface area contributed by atoms with Gasteiger partial charge in [0.1, 0.15) is 5.03 Å². The SMILES string of the molecule is CC1=C(F)C(F)(F)C(Cl)=C(F)C1=O. The molecule has 0 aromatic heterocycles. The molecule has 0 spiro atoms. The van der Waals surface area contributed by atoms with Crippen LogP contribution in [0.5, 0.6) is 0 Å². The molecule has 0 atom stereocenters. The lowest BCUT2D eigenvalue weighted by Crippen LogP contribution is -2.27. The first kappa shape index (κ1) is 10.2. The Labute approximate surface area is 75.7 Å². The molecule has 0 heterocycles. The van der Waals surface area contributed by atoms with Gasteiger partial charge in [-0.15, -0.1) is 0 Å². The maximum atomic E-state index is 12.7. The van der Waals surface area contributed by atoms with E-state index < -0.39 is 34.0 Å². The second kappa shape index (κ2) is 2.83. The van der Waals surface area contributed by atoms with Crippen LogP contribution < -0.4 is 0 Å². The minimum absolute atomic E-state index is 0.772. The molecule has 72 valence electrons. The third kappa shape index (κ3) is 1.27. The second-order valence-corrected chi connectivity index (χ2v) is 2.85. The minimum Gasteiger partial charge on any atom is -0.286 e. The lowest BCUT2D eigenvalue weighted by Gasteiger charge is -2.19. The molecule has 0 aromatic rings. The molecule has 0 radical (unpaired) electrons. The van der Waals surface area contributed by atoms with E-state index >= 15 is 0 Å². The van der Waals surface area contributed by atoms with E-state index in [1.54, 1.807) is 0 Å². The van der Waals surface area contributed by atoms with Crippen molar-refractivity contribution in [3.63, 3.8) is 0 Å². The Kier molecular flexibility index (Phi) is 2.23. The summed E-state index contributed by atoms with van der Waals surface area (Å²) in [4.78, 5) is 10.7. The van der Waals surface area contributed by atoms with Gasteiger partial charge in [-0.3, -0.25) is 4.79 Å². The van der Waals surface area contributed by atoms with Crippen LogP contribution in [-0.2, 0) is 4.79 Å². The van der Waals surface area contributed by atoms with E-state index in [2.05, 4.69) is 0 Å². The van der Waals surface area contributed by atoms with E-state index in [9.17, 15) is 22.4 Å². The molecule has 0 aliphatic heterocycles. The number of ketones is 1. The molecule has 1 nitrogen and oxygen atoms in total. The largest absolute Gasteiger partial charge is 0.337 e. The minimum atomic E-state index is -4.22. The summed E-state index contributed by atoms with van der Waals surface area (Å²) in [7, 11) is 0. The highest BCUT2D eigenvalue weighted by Crippen LogP contribution is 2.43. The molecule has 0 fully saturated rings. The Balaban J connectivity index is 3.39. The van der Waals surface area contributed by atoms with Gasteiger partial charge in [0.15, 0.2) is 11.7 Å². The lowest BCUT2D eigenvalue weighted by atomic mass is 10.0. The number of allylic oxidation sites excluding steroid dienone is 4. The Hall–Kier alpha value is -0.840. The van der Waals surface area contributed by atoms with Gasteiger partial charge in [0.2, 0.25) is 5.78 Å². The first-order chi connectivity index (χ1) is 5.80. The van der Waals surface area contributed by atoms with E-state index in [1.165, 1.54) is 0 Å².